The number of hydrogen-bond acceptors (Lipinski definition) is 4. The molecule has 0 bridgehead atoms. The quantitative estimate of drug-likeness (QED) is 0.726. The maximum Gasteiger partial charge on any atom is 0.274 e. The van der Waals surface area contributed by atoms with Gasteiger partial charge in [0.15, 0.2) is 5.65 Å². The molecule has 0 unspecified atom stereocenters. The van der Waals surface area contributed by atoms with Crippen molar-refractivity contribution in [1.82, 2.24) is 24.2 Å². The summed E-state index contributed by atoms with van der Waals surface area (Å²) in [7, 11) is 0. The Labute approximate surface area is 153 Å². The van der Waals surface area contributed by atoms with E-state index in [0.717, 1.165) is 50.4 Å². The average molecular weight is 349 g/mol. The molecule has 1 saturated heterocycles. The van der Waals surface area contributed by atoms with E-state index in [9.17, 15) is 4.79 Å². The SMILES string of the molecule is CCCN1CCN(C(=O)c2cn3ccnc(-c4ccccc4)c3n2)CC1. The second kappa shape index (κ2) is 7.25. The van der Waals surface area contributed by atoms with E-state index in [1.165, 1.54) is 0 Å². The van der Waals surface area contributed by atoms with Crippen molar-refractivity contribution in [2.75, 3.05) is 32.7 Å². The summed E-state index contributed by atoms with van der Waals surface area (Å²) >= 11 is 0. The van der Waals surface area contributed by atoms with Gasteiger partial charge in [0.2, 0.25) is 0 Å². The summed E-state index contributed by atoms with van der Waals surface area (Å²) in [5.74, 6) is 0.00357. The van der Waals surface area contributed by atoms with Gasteiger partial charge in [-0.1, -0.05) is 37.3 Å². The number of hydrogen-bond donors (Lipinski definition) is 0. The van der Waals surface area contributed by atoms with Gasteiger partial charge in [-0.25, -0.2) is 4.98 Å². The first-order valence-corrected chi connectivity index (χ1v) is 9.17. The van der Waals surface area contributed by atoms with Gasteiger partial charge in [-0.3, -0.25) is 14.7 Å². The van der Waals surface area contributed by atoms with Gasteiger partial charge in [0, 0.05) is 50.3 Å². The molecule has 0 saturated carbocycles. The maximum atomic E-state index is 12.9. The molecule has 26 heavy (non-hydrogen) atoms. The smallest absolute Gasteiger partial charge is 0.274 e. The number of aromatic nitrogens is 3. The predicted molar refractivity (Wildman–Crippen MR) is 101 cm³/mol. The Morgan fingerprint density at radius 3 is 2.62 bits per heavy atom. The van der Waals surface area contributed by atoms with Gasteiger partial charge in [0.1, 0.15) is 11.4 Å². The molecule has 6 nitrogen and oxygen atoms in total. The molecule has 1 aromatic carbocycles. The lowest BCUT2D eigenvalue weighted by Crippen LogP contribution is -2.48. The van der Waals surface area contributed by atoms with Crippen LogP contribution in [-0.4, -0.2) is 62.8 Å². The predicted octanol–water partition coefficient (Wildman–Crippen LogP) is 2.56. The van der Waals surface area contributed by atoms with Crippen LogP contribution < -0.4 is 0 Å². The van der Waals surface area contributed by atoms with Gasteiger partial charge in [-0.15, -0.1) is 0 Å². The number of amides is 1. The first-order chi connectivity index (χ1) is 12.8. The summed E-state index contributed by atoms with van der Waals surface area (Å²) in [6, 6.07) is 9.94. The van der Waals surface area contributed by atoms with E-state index in [1.807, 2.05) is 52.0 Å². The zero-order valence-electron chi connectivity index (χ0n) is 15.0. The van der Waals surface area contributed by atoms with Crippen LogP contribution in [0, 0.1) is 0 Å². The van der Waals surface area contributed by atoms with Crippen LogP contribution in [0.25, 0.3) is 16.9 Å². The van der Waals surface area contributed by atoms with Crippen molar-refractivity contribution in [3.63, 3.8) is 0 Å². The molecule has 1 fully saturated rings. The Bertz CT molecular complexity index is 897. The van der Waals surface area contributed by atoms with Crippen molar-refractivity contribution in [3.05, 3.63) is 54.6 Å². The number of rotatable bonds is 4. The molecule has 1 aliphatic rings. The lowest BCUT2D eigenvalue weighted by atomic mass is 10.1. The number of benzene rings is 1. The van der Waals surface area contributed by atoms with E-state index in [-0.39, 0.29) is 5.91 Å². The topological polar surface area (TPSA) is 53.7 Å². The highest BCUT2D eigenvalue weighted by molar-refractivity contribution is 5.93. The van der Waals surface area contributed by atoms with Crippen LogP contribution in [-0.2, 0) is 0 Å². The van der Waals surface area contributed by atoms with Gasteiger partial charge >= 0.3 is 0 Å². The number of imidazole rings is 1. The summed E-state index contributed by atoms with van der Waals surface area (Å²) in [6.07, 6.45) is 6.54. The molecule has 4 rings (SSSR count). The lowest BCUT2D eigenvalue weighted by Gasteiger charge is -2.34. The van der Waals surface area contributed by atoms with Crippen LogP contribution in [0.3, 0.4) is 0 Å². The second-order valence-corrected chi connectivity index (χ2v) is 6.63. The monoisotopic (exact) mass is 349 g/mol. The third-order valence-electron chi connectivity index (χ3n) is 4.84. The van der Waals surface area contributed by atoms with Crippen LogP contribution >= 0.6 is 0 Å². The average Bonchev–Trinajstić information content (AvgIpc) is 3.13. The Morgan fingerprint density at radius 2 is 1.88 bits per heavy atom. The summed E-state index contributed by atoms with van der Waals surface area (Å²) in [5, 5.41) is 0. The number of nitrogens with zero attached hydrogens (tertiary/aromatic N) is 5. The highest BCUT2D eigenvalue weighted by Gasteiger charge is 2.24. The first-order valence-electron chi connectivity index (χ1n) is 9.17. The number of carbonyl (C=O) groups excluding carboxylic acids is 1. The van der Waals surface area contributed by atoms with E-state index in [4.69, 9.17) is 0 Å². The molecule has 0 aliphatic carbocycles. The van der Waals surface area contributed by atoms with E-state index >= 15 is 0 Å². The standard InChI is InChI=1S/C20H23N5O/c1-2-9-23-11-13-24(14-12-23)20(26)17-15-25-10-8-21-18(19(25)22-17)16-6-4-3-5-7-16/h3-8,10,15H,2,9,11-14H2,1H3. The summed E-state index contributed by atoms with van der Waals surface area (Å²) in [6.45, 7) is 6.68. The molecule has 134 valence electrons. The molecule has 2 aromatic heterocycles. The fourth-order valence-electron chi connectivity index (χ4n) is 3.48. The highest BCUT2D eigenvalue weighted by Crippen LogP contribution is 2.22. The van der Waals surface area contributed by atoms with Crippen molar-refractivity contribution in [1.29, 1.82) is 0 Å². The van der Waals surface area contributed by atoms with Crippen LogP contribution in [0.1, 0.15) is 23.8 Å². The molecule has 0 radical (unpaired) electrons. The molecule has 1 amide bonds. The van der Waals surface area contributed by atoms with Gasteiger partial charge in [-0.05, 0) is 13.0 Å². The van der Waals surface area contributed by atoms with E-state index < -0.39 is 0 Å². The minimum absolute atomic E-state index is 0.00357. The summed E-state index contributed by atoms with van der Waals surface area (Å²) in [5.41, 5.74) is 2.99. The Morgan fingerprint density at radius 1 is 1.12 bits per heavy atom. The second-order valence-electron chi connectivity index (χ2n) is 6.63. The fraction of sp³-hybridized carbons (Fsp3) is 0.350. The normalized spacial score (nSPS) is 15.5. The molecular formula is C20H23N5O. The minimum atomic E-state index is 0.00357. The maximum absolute atomic E-state index is 12.9. The van der Waals surface area contributed by atoms with Crippen molar-refractivity contribution >= 4 is 11.6 Å². The molecule has 0 N–H and O–H groups in total. The van der Waals surface area contributed by atoms with Crippen molar-refractivity contribution < 1.29 is 4.79 Å². The number of carbonyl (C=O) groups is 1. The third kappa shape index (κ3) is 3.20. The molecule has 3 aromatic rings. The van der Waals surface area contributed by atoms with E-state index in [1.54, 1.807) is 6.20 Å². The van der Waals surface area contributed by atoms with Gasteiger partial charge in [-0.2, -0.15) is 0 Å². The molecule has 3 heterocycles. The van der Waals surface area contributed by atoms with Gasteiger partial charge in [0.05, 0.1) is 0 Å². The first kappa shape index (κ1) is 16.7. The largest absolute Gasteiger partial charge is 0.335 e. The minimum Gasteiger partial charge on any atom is -0.335 e. The zero-order chi connectivity index (χ0) is 17.9. The number of fused-ring (bicyclic) bond motifs is 1. The van der Waals surface area contributed by atoms with Crippen molar-refractivity contribution in [2.24, 2.45) is 0 Å². The Balaban J connectivity index is 1.59. The van der Waals surface area contributed by atoms with Crippen molar-refractivity contribution in [2.45, 2.75) is 13.3 Å². The van der Waals surface area contributed by atoms with Crippen LogP contribution in [0.5, 0.6) is 0 Å². The van der Waals surface area contributed by atoms with Gasteiger partial charge < -0.3 is 9.30 Å². The van der Waals surface area contributed by atoms with E-state index in [2.05, 4.69) is 21.8 Å². The van der Waals surface area contributed by atoms with E-state index in [0.29, 0.717) is 11.3 Å². The zero-order valence-corrected chi connectivity index (χ0v) is 15.0. The third-order valence-corrected chi connectivity index (χ3v) is 4.84. The van der Waals surface area contributed by atoms with Crippen molar-refractivity contribution in [3.8, 4) is 11.3 Å². The van der Waals surface area contributed by atoms with Gasteiger partial charge in [0.25, 0.3) is 5.91 Å². The lowest BCUT2D eigenvalue weighted by molar-refractivity contribution is 0.0632. The molecular weight excluding hydrogens is 326 g/mol. The molecule has 0 atom stereocenters. The number of piperazine rings is 1. The Hall–Kier alpha value is -2.73. The summed E-state index contributed by atoms with van der Waals surface area (Å²) in [4.78, 5) is 26.3. The molecule has 1 aliphatic heterocycles. The Kier molecular flexibility index (Phi) is 4.67. The molecule has 0 spiro atoms. The highest BCUT2D eigenvalue weighted by atomic mass is 16.2. The molecule has 6 heteroatoms. The van der Waals surface area contributed by atoms with Crippen LogP contribution in [0.4, 0.5) is 0 Å². The van der Waals surface area contributed by atoms with Crippen LogP contribution in [0.15, 0.2) is 48.9 Å². The van der Waals surface area contributed by atoms with Crippen LogP contribution in [0.2, 0.25) is 0 Å². The fourth-order valence-corrected chi connectivity index (χ4v) is 3.48. The summed E-state index contributed by atoms with van der Waals surface area (Å²) < 4.78 is 1.88.